The first-order valence-electron chi connectivity index (χ1n) is 7.04. The molecular formula is C16H17N3O2. The topological polar surface area (TPSA) is 64.1 Å². The molecule has 1 aliphatic heterocycles. The molecule has 108 valence electrons. The number of nitrogens with zero attached hydrogens (tertiary/aromatic N) is 2. The summed E-state index contributed by atoms with van der Waals surface area (Å²) >= 11 is 0. The van der Waals surface area contributed by atoms with Crippen LogP contribution in [0, 0.1) is 5.92 Å². The Bertz CT molecular complexity index is 589. The molecule has 0 saturated carbocycles. The summed E-state index contributed by atoms with van der Waals surface area (Å²) in [7, 11) is 0. The average molecular weight is 283 g/mol. The standard InChI is InChI=1S/C16H17N3O2/c20-16(14-8-17-11-18-9-14)19-10-13-6-7-21-15(13)12-4-2-1-3-5-12/h1-5,8-9,11,13,15H,6-7,10H2,(H,19,20)/t13-,15-/m0/s1. The van der Waals surface area contributed by atoms with Crippen molar-refractivity contribution in [2.24, 2.45) is 5.92 Å². The van der Waals surface area contributed by atoms with Crippen molar-refractivity contribution >= 4 is 5.91 Å². The number of nitrogens with one attached hydrogen (secondary N) is 1. The van der Waals surface area contributed by atoms with Crippen LogP contribution in [-0.4, -0.2) is 29.0 Å². The van der Waals surface area contributed by atoms with Gasteiger partial charge in [-0.25, -0.2) is 9.97 Å². The second-order valence-electron chi connectivity index (χ2n) is 5.09. The highest BCUT2D eigenvalue weighted by Gasteiger charge is 2.29. The molecule has 1 aromatic heterocycles. The van der Waals surface area contributed by atoms with E-state index in [9.17, 15) is 4.79 Å². The minimum absolute atomic E-state index is 0.0542. The van der Waals surface area contributed by atoms with Gasteiger partial charge in [-0.3, -0.25) is 4.79 Å². The molecule has 0 aliphatic carbocycles. The molecule has 0 unspecified atom stereocenters. The number of hydrogen-bond donors (Lipinski definition) is 1. The van der Waals surface area contributed by atoms with Crippen LogP contribution in [-0.2, 0) is 4.74 Å². The van der Waals surface area contributed by atoms with Crippen LogP contribution >= 0.6 is 0 Å². The Kier molecular flexibility index (Phi) is 4.21. The average Bonchev–Trinajstić information content (AvgIpc) is 3.03. The SMILES string of the molecule is O=C(NC[C@@H]1CCO[C@H]1c1ccccc1)c1cncnc1. The normalized spacial score (nSPS) is 21.1. The molecule has 3 rings (SSSR count). The summed E-state index contributed by atoms with van der Waals surface area (Å²) in [5.41, 5.74) is 1.64. The lowest BCUT2D eigenvalue weighted by Gasteiger charge is -2.19. The van der Waals surface area contributed by atoms with Gasteiger partial charge in [0.1, 0.15) is 6.33 Å². The molecule has 2 atom stereocenters. The molecule has 21 heavy (non-hydrogen) atoms. The largest absolute Gasteiger partial charge is 0.373 e. The van der Waals surface area contributed by atoms with E-state index in [1.54, 1.807) is 0 Å². The van der Waals surface area contributed by atoms with Crippen molar-refractivity contribution < 1.29 is 9.53 Å². The summed E-state index contributed by atoms with van der Waals surface area (Å²) in [6.45, 7) is 1.32. The highest BCUT2D eigenvalue weighted by Crippen LogP contribution is 2.33. The minimum Gasteiger partial charge on any atom is -0.373 e. The summed E-state index contributed by atoms with van der Waals surface area (Å²) in [4.78, 5) is 19.7. The lowest BCUT2D eigenvalue weighted by molar-refractivity contribution is 0.0846. The van der Waals surface area contributed by atoms with E-state index in [1.165, 1.54) is 18.7 Å². The second kappa shape index (κ2) is 6.45. The predicted octanol–water partition coefficient (Wildman–Crippen LogP) is 1.98. The number of aromatic nitrogens is 2. The van der Waals surface area contributed by atoms with Crippen molar-refractivity contribution in [2.45, 2.75) is 12.5 Å². The third-order valence-corrected chi connectivity index (χ3v) is 3.69. The van der Waals surface area contributed by atoms with Crippen molar-refractivity contribution in [3.05, 3.63) is 60.2 Å². The number of rotatable bonds is 4. The van der Waals surface area contributed by atoms with Crippen molar-refractivity contribution in [2.75, 3.05) is 13.2 Å². The fourth-order valence-electron chi connectivity index (χ4n) is 2.60. The van der Waals surface area contributed by atoms with E-state index in [1.807, 2.05) is 18.2 Å². The van der Waals surface area contributed by atoms with Gasteiger partial charge in [-0.2, -0.15) is 0 Å². The Morgan fingerprint density at radius 1 is 1.24 bits per heavy atom. The molecule has 2 heterocycles. The zero-order valence-electron chi connectivity index (χ0n) is 11.6. The zero-order valence-corrected chi connectivity index (χ0v) is 11.6. The van der Waals surface area contributed by atoms with Crippen LogP contribution in [0.1, 0.15) is 28.4 Å². The first-order chi connectivity index (χ1) is 10.3. The molecule has 1 saturated heterocycles. The van der Waals surface area contributed by atoms with Crippen LogP contribution in [0.4, 0.5) is 0 Å². The van der Waals surface area contributed by atoms with Gasteiger partial charge in [0.05, 0.1) is 11.7 Å². The molecule has 0 bridgehead atoms. The molecule has 0 radical (unpaired) electrons. The Hall–Kier alpha value is -2.27. The first kappa shape index (κ1) is 13.7. The van der Waals surface area contributed by atoms with E-state index >= 15 is 0 Å². The molecule has 5 nitrogen and oxygen atoms in total. The van der Waals surface area contributed by atoms with Gasteiger partial charge in [0.2, 0.25) is 0 Å². The maximum Gasteiger partial charge on any atom is 0.254 e. The molecule has 1 N–H and O–H groups in total. The van der Waals surface area contributed by atoms with Crippen LogP contribution in [0.25, 0.3) is 0 Å². The quantitative estimate of drug-likeness (QED) is 0.932. The summed E-state index contributed by atoms with van der Waals surface area (Å²) < 4.78 is 5.81. The highest BCUT2D eigenvalue weighted by molar-refractivity contribution is 5.93. The third-order valence-electron chi connectivity index (χ3n) is 3.69. The molecule has 1 aromatic carbocycles. The van der Waals surface area contributed by atoms with Crippen molar-refractivity contribution in [1.29, 1.82) is 0 Å². The first-order valence-corrected chi connectivity index (χ1v) is 7.04. The highest BCUT2D eigenvalue weighted by atomic mass is 16.5. The van der Waals surface area contributed by atoms with Crippen molar-refractivity contribution in [1.82, 2.24) is 15.3 Å². The third kappa shape index (κ3) is 3.25. The van der Waals surface area contributed by atoms with Crippen LogP contribution in [0.3, 0.4) is 0 Å². The van der Waals surface area contributed by atoms with Gasteiger partial charge in [0.25, 0.3) is 5.91 Å². The molecule has 1 aliphatic rings. The summed E-state index contributed by atoms with van der Waals surface area (Å²) in [5, 5.41) is 2.94. The van der Waals surface area contributed by atoms with Gasteiger partial charge in [-0.15, -0.1) is 0 Å². The van der Waals surface area contributed by atoms with Crippen LogP contribution in [0.2, 0.25) is 0 Å². The van der Waals surface area contributed by atoms with Gasteiger partial charge in [-0.1, -0.05) is 30.3 Å². The number of ether oxygens (including phenoxy) is 1. The monoisotopic (exact) mass is 283 g/mol. The number of carbonyl (C=O) groups excluding carboxylic acids is 1. The summed E-state index contributed by atoms with van der Waals surface area (Å²) in [6, 6.07) is 10.1. The zero-order chi connectivity index (χ0) is 14.5. The predicted molar refractivity (Wildman–Crippen MR) is 77.6 cm³/mol. The van der Waals surface area contributed by atoms with Crippen molar-refractivity contribution in [3.8, 4) is 0 Å². The molecule has 5 heteroatoms. The summed E-state index contributed by atoms with van der Waals surface area (Å²) in [5.74, 6) is 0.148. The maximum atomic E-state index is 12.0. The van der Waals surface area contributed by atoms with Gasteiger partial charge >= 0.3 is 0 Å². The van der Waals surface area contributed by atoms with E-state index in [2.05, 4.69) is 27.4 Å². The Morgan fingerprint density at radius 3 is 2.76 bits per heavy atom. The van der Waals surface area contributed by atoms with Gasteiger partial charge in [0, 0.05) is 31.5 Å². The maximum absolute atomic E-state index is 12.0. The van der Waals surface area contributed by atoms with Crippen LogP contribution < -0.4 is 5.32 Å². The number of hydrogen-bond acceptors (Lipinski definition) is 4. The van der Waals surface area contributed by atoms with E-state index < -0.39 is 0 Å². The minimum atomic E-state index is -0.144. The number of benzene rings is 1. The van der Waals surface area contributed by atoms with Crippen LogP contribution in [0.5, 0.6) is 0 Å². The Labute approximate surface area is 123 Å². The molecular weight excluding hydrogens is 266 g/mol. The fraction of sp³-hybridized carbons (Fsp3) is 0.312. The van der Waals surface area contributed by atoms with E-state index in [-0.39, 0.29) is 12.0 Å². The van der Waals surface area contributed by atoms with Gasteiger partial charge in [0.15, 0.2) is 0 Å². The molecule has 1 fully saturated rings. The van der Waals surface area contributed by atoms with E-state index in [0.717, 1.165) is 18.6 Å². The number of amides is 1. The van der Waals surface area contributed by atoms with Crippen LogP contribution in [0.15, 0.2) is 49.1 Å². The lowest BCUT2D eigenvalue weighted by Crippen LogP contribution is -2.30. The summed E-state index contributed by atoms with van der Waals surface area (Å²) in [6.07, 6.45) is 5.45. The fourth-order valence-corrected chi connectivity index (χ4v) is 2.60. The smallest absolute Gasteiger partial charge is 0.254 e. The Balaban J connectivity index is 1.61. The van der Waals surface area contributed by atoms with Gasteiger partial charge in [-0.05, 0) is 12.0 Å². The molecule has 2 aromatic rings. The Morgan fingerprint density at radius 2 is 2.00 bits per heavy atom. The van der Waals surface area contributed by atoms with Crippen molar-refractivity contribution in [3.63, 3.8) is 0 Å². The number of carbonyl (C=O) groups is 1. The van der Waals surface area contributed by atoms with Gasteiger partial charge < -0.3 is 10.1 Å². The lowest BCUT2D eigenvalue weighted by atomic mass is 9.95. The molecule has 0 spiro atoms. The second-order valence-corrected chi connectivity index (χ2v) is 5.09. The molecule has 1 amide bonds. The van der Waals surface area contributed by atoms with E-state index in [4.69, 9.17) is 4.74 Å². The van der Waals surface area contributed by atoms with E-state index in [0.29, 0.717) is 18.0 Å².